The minimum Gasteiger partial charge on any atom is -0.480 e. The number of carbonyl (C=O) groups is 2. The zero-order chi connectivity index (χ0) is 23.6. The quantitative estimate of drug-likeness (QED) is 0.551. The van der Waals surface area contributed by atoms with Gasteiger partial charge in [-0.15, -0.1) is 0 Å². The Kier molecular flexibility index (Phi) is 5.60. The van der Waals surface area contributed by atoms with Gasteiger partial charge in [-0.2, -0.15) is 26.3 Å². The van der Waals surface area contributed by atoms with Crippen molar-refractivity contribution in [2.75, 3.05) is 6.54 Å². The second-order valence-corrected chi connectivity index (χ2v) is 8.55. The summed E-state index contributed by atoms with van der Waals surface area (Å²) in [7, 11) is 0. The molecule has 0 unspecified atom stereocenters. The lowest BCUT2D eigenvalue weighted by molar-refractivity contribution is -0.200. The molecule has 2 aliphatic rings. The number of nitrogens with zero attached hydrogens (tertiary/aromatic N) is 1. The molecule has 1 aliphatic heterocycles. The Morgan fingerprint density at radius 2 is 1.61 bits per heavy atom. The van der Waals surface area contributed by atoms with E-state index in [1.807, 2.05) is 0 Å². The second-order valence-electron chi connectivity index (χ2n) is 7.63. The van der Waals surface area contributed by atoms with Gasteiger partial charge in [0.1, 0.15) is 11.5 Å². The maximum atomic E-state index is 15.1. The smallest absolute Gasteiger partial charge is 0.416 e. The average Bonchev–Trinajstić information content (AvgIpc) is 3.32. The van der Waals surface area contributed by atoms with Crippen molar-refractivity contribution in [1.82, 2.24) is 4.90 Å². The van der Waals surface area contributed by atoms with Gasteiger partial charge in [-0.25, -0.2) is 13.6 Å². The standard InChI is InChI=1S/C18H14BrF8NO3/c19-9-1-2-10(11(6-9)17(22,23)24)16(20,21)8-5-12(13(29)30)28(7-8)14(31)15(3-4-15)18(25,26)27/h1-2,6,8,12H,3-5,7H2,(H,29,30)/t8-,12+/m1/s1. The van der Waals surface area contributed by atoms with Crippen molar-refractivity contribution in [3.05, 3.63) is 33.8 Å². The van der Waals surface area contributed by atoms with Gasteiger partial charge in [-0.3, -0.25) is 4.79 Å². The molecule has 1 saturated carbocycles. The number of carbonyl (C=O) groups excluding carboxylic acids is 1. The molecular formula is C18H14BrF8NO3. The zero-order valence-electron chi connectivity index (χ0n) is 15.3. The van der Waals surface area contributed by atoms with E-state index in [-0.39, 0.29) is 9.37 Å². The minimum atomic E-state index is -5.17. The predicted molar refractivity (Wildman–Crippen MR) is 92.0 cm³/mol. The summed E-state index contributed by atoms with van der Waals surface area (Å²) in [5.41, 5.74) is -5.94. The van der Waals surface area contributed by atoms with E-state index in [1.165, 1.54) is 0 Å². The van der Waals surface area contributed by atoms with Gasteiger partial charge in [0.25, 0.3) is 5.92 Å². The second kappa shape index (κ2) is 7.31. The summed E-state index contributed by atoms with van der Waals surface area (Å²) in [6.07, 6.45) is -12.4. The van der Waals surface area contributed by atoms with Gasteiger partial charge in [-0.05, 0) is 31.4 Å². The SMILES string of the molecule is O=C(O)[C@@H]1C[C@@H](C(F)(F)c2ccc(Br)cc2C(F)(F)F)CN1C(=O)C1(C(F)(F)F)CC1. The van der Waals surface area contributed by atoms with Crippen LogP contribution in [0.4, 0.5) is 35.1 Å². The van der Waals surface area contributed by atoms with Crippen LogP contribution >= 0.6 is 15.9 Å². The molecule has 4 nitrogen and oxygen atoms in total. The number of hydrogen-bond donors (Lipinski definition) is 1. The van der Waals surface area contributed by atoms with Crippen molar-refractivity contribution in [3.8, 4) is 0 Å². The number of likely N-dealkylation sites (tertiary alicyclic amines) is 1. The molecule has 1 aromatic carbocycles. The zero-order valence-corrected chi connectivity index (χ0v) is 16.9. The number of alkyl halides is 8. The Bertz CT molecular complexity index is 910. The first-order chi connectivity index (χ1) is 14.0. The van der Waals surface area contributed by atoms with Gasteiger partial charge in [-0.1, -0.05) is 22.0 Å². The lowest BCUT2D eigenvalue weighted by Crippen LogP contribution is -2.48. The van der Waals surface area contributed by atoms with Crippen LogP contribution in [0.25, 0.3) is 0 Å². The first kappa shape index (κ1) is 23.7. The highest BCUT2D eigenvalue weighted by molar-refractivity contribution is 9.10. The predicted octanol–water partition coefficient (Wildman–Crippen LogP) is 5.20. The lowest BCUT2D eigenvalue weighted by Gasteiger charge is -2.29. The topological polar surface area (TPSA) is 57.6 Å². The van der Waals surface area contributed by atoms with Gasteiger partial charge in [0.15, 0.2) is 0 Å². The molecule has 0 spiro atoms. The minimum absolute atomic E-state index is 0.133. The van der Waals surface area contributed by atoms with Crippen molar-refractivity contribution in [3.63, 3.8) is 0 Å². The molecule has 1 aromatic rings. The Balaban J connectivity index is 1.98. The van der Waals surface area contributed by atoms with E-state index in [1.54, 1.807) is 0 Å². The summed E-state index contributed by atoms with van der Waals surface area (Å²) in [5, 5.41) is 9.29. The fourth-order valence-electron chi connectivity index (χ4n) is 3.84. The number of halogens is 9. The molecule has 3 rings (SSSR count). The molecule has 1 amide bonds. The Hall–Kier alpha value is -1.92. The molecule has 0 radical (unpaired) electrons. The highest BCUT2D eigenvalue weighted by Crippen LogP contribution is 2.59. The fraction of sp³-hybridized carbons (Fsp3) is 0.556. The van der Waals surface area contributed by atoms with Crippen molar-refractivity contribution in [2.24, 2.45) is 11.3 Å². The van der Waals surface area contributed by atoms with E-state index in [0.717, 1.165) is 6.07 Å². The molecular weight excluding hydrogens is 510 g/mol. The van der Waals surface area contributed by atoms with Crippen LogP contribution in [0.3, 0.4) is 0 Å². The average molecular weight is 524 g/mol. The van der Waals surface area contributed by atoms with Gasteiger partial charge >= 0.3 is 18.3 Å². The maximum Gasteiger partial charge on any atom is 0.416 e. The van der Waals surface area contributed by atoms with E-state index < -0.39 is 84.5 Å². The van der Waals surface area contributed by atoms with Crippen LogP contribution in [-0.2, 0) is 21.7 Å². The highest BCUT2D eigenvalue weighted by Gasteiger charge is 2.71. The van der Waals surface area contributed by atoms with Crippen LogP contribution in [-0.4, -0.2) is 40.6 Å². The third kappa shape index (κ3) is 4.00. The Morgan fingerprint density at radius 3 is 2.06 bits per heavy atom. The number of carboxylic acids is 1. The Morgan fingerprint density at radius 1 is 1.03 bits per heavy atom. The van der Waals surface area contributed by atoms with E-state index in [9.17, 15) is 41.0 Å². The van der Waals surface area contributed by atoms with Crippen LogP contribution < -0.4 is 0 Å². The van der Waals surface area contributed by atoms with Crippen molar-refractivity contribution >= 4 is 27.8 Å². The first-order valence-electron chi connectivity index (χ1n) is 8.88. The van der Waals surface area contributed by atoms with Crippen LogP contribution in [0, 0.1) is 11.3 Å². The summed E-state index contributed by atoms with van der Waals surface area (Å²) in [4.78, 5) is 24.2. The fourth-order valence-corrected chi connectivity index (χ4v) is 4.20. The summed E-state index contributed by atoms with van der Waals surface area (Å²) in [5.74, 6) is -9.83. The van der Waals surface area contributed by atoms with Crippen molar-refractivity contribution < 1.29 is 49.8 Å². The summed E-state index contributed by atoms with van der Waals surface area (Å²) < 4.78 is 110. The molecule has 2 fully saturated rings. The third-order valence-corrected chi connectivity index (χ3v) is 6.20. The molecule has 172 valence electrons. The van der Waals surface area contributed by atoms with Crippen molar-refractivity contribution in [1.29, 1.82) is 0 Å². The number of hydrogen-bond acceptors (Lipinski definition) is 2. The van der Waals surface area contributed by atoms with Gasteiger partial charge < -0.3 is 10.0 Å². The van der Waals surface area contributed by atoms with Crippen LogP contribution in [0.15, 0.2) is 22.7 Å². The van der Waals surface area contributed by atoms with E-state index in [2.05, 4.69) is 15.9 Å². The molecule has 13 heteroatoms. The molecule has 0 bridgehead atoms. The third-order valence-electron chi connectivity index (χ3n) is 5.71. The van der Waals surface area contributed by atoms with Crippen LogP contribution in [0.2, 0.25) is 0 Å². The summed E-state index contributed by atoms with van der Waals surface area (Å²) >= 11 is 2.76. The number of carboxylic acid groups (broad SMARTS) is 1. The molecule has 1 saturated heterocycles. The number of amides is 1. The summed E-state index contributed by atoms with van der Waals surface area (Å²) in [6, 6.07) is -0.120. The van der Waals surface area contributed by atoms with E-state index in [4.69, 9.17) is 0 Å². The molecule has 1 aliphatic carbocycles. The van der Waals surface area contributed by atoms with Crippen LogP contribution in [0.5, 0.6) is 0 Å². The monoisotopic (exact) mass is 523 g/mol. The molecule has 2 atom stereocenters. The summed E-state index contributed by atoms with van der Waals surface area (Å²) in [6.45, 7) is -1.12. The Labute approximate surface area is 178 Å². The van der Waals surface area contributed by atoms with E-state index in [0.29, 0.717) is 12.1 Å². The van der Waals surface area contributed by atoms with Gasteiger partial charge in [0.2, 0.25) is 5.91 Å². The normalized spacial score (nSPS) is 23.7. The largest absolute Gasteiger partial charge is 0.480 e. The number of benzene rings is 1. The first-order valence-corrected chi connectivity index (χ1v) is 9.67. The lowest BCUT2D eigenvalue weighted by atomic mass is 9.89. The van der Waals surface area contributed by atoms with Crippen LogP contribution in [0.1, 0.15) is 30.4 Å². The number of aliphatic carboxylic acids is 1. The highest BCUT2D eigenvalue weighted by atomic mass is 79.9. The van der Waals surface area contributed by atoms with Gasteiger partial charge in [0.05, 0.1) is 5.56 Å². The van der Waals surface area contributed by atoms with Crippen molar-refractivity contribution in [2.45, 2.75) is 43.6 Å². The van der Waals surface area contributed by atoms with E-state index >= 15 is 8.78 Å². The number of rotatable bonds is 4. The molecule has 1 N–H and O–H groups in total. The van der Waals surface area contributed by atoms with Gasteiger partial charge in [0, 0.05) is 22.5 Å². The molecule has 31 heavy (non-hydrogen) atoms. The molecule has 1 heterocycles. The maximum absolute atomic E-state index is 15.1. The molecule has 0 aromatic heterocycles.